The summed E-state index contributed by atoms with van der Waals surface area (Å²) >= 11 is 1.69. The van der Waals surface area contributed by atoms with Gasteiger partial charge in [-0.1, -0.05) is 6.07 Å². The molecule has 1 fully saturated rings. The Kier molecular flexibility index (Phi) is 5.51. The molecule has 2 rings (SSSR count). The number of hydrogen-bond donors (Lipinski definition) is 3. The second-order valence-corrected chi connectivity index (χ2v) is 6.10. The van der Waals surface area contributed by atoms with E-state index in [0.717, 1.165) is 38.4 Å². The van der Waals surface area contributed by atoms with E-state index in [1.165, 1.54) is 10.5 Å². The van der Waals surface area contributed by atoms with Crippen molar-refractivity contribution < 1.29 is 5.11 Å². The van der Waals surface area contributed by atoms with Crippen molar-refractivity contribution in [3.63, 3.8) is 0 Å². The molecule has 4 nitrogen and oxygen atoms in total. The van der Waals surface area contributed by atoms with Crippen molar-refractivity contribution in [2.45, 2.75) is 17.9 Å². The quantitative estimate of drug-likeness (QED) is 0.554. The summed E-state index contributed by atoms with van der Waals surface area (Å²) in [5, 5.41) is 13.4. The van der Waals surface area contributed by atoms with Gasteiger partial charge in [0.1, 0.15) is 0 Å². The average molecular weight is 281 g/mol. The lowest BCUT2D eigenvalue weighted by Gasteiger charge is -2.29. The average Bonchev–Trinajstić information content (AvgIpc) is 2.41. The fourth-order valence-electron chi connectivity index (χ4n) is 2.20. The zero-order valence-corrected chi connectivity index (χ0v) is 12.2. The normalized spacial score (nSPS) is 18.4. The molecule has 1 aromatic rings. The summed E-state index contributed by atoms with van der Waals surface area (Å²) in [6.45, 7) is 6.93. The van der Waals surface area contributed by atoms with E-state index in [0.29, 0.717) is 5.75 Å². The highest BCUT2D eigenvalue weighted by atomic mass is 32.2. The number of anilines is 1. The monoisotopic (exact) mass is 281 g/mol. The predicted octanol–water partition coefficient (Wildman–Crippen LogP) is 0.935. The molecule has 19 heavy (non-hydrogen) atoms. The smallest absolute Gasteiger partial charge is 0.0760 e. The molecule has 0 spiro atoms. The van der Waals surface area contributed by atoms with Crippen molar-refractivity contribution >= 4 is 17.4 Å². The van der Waals surface area contributed by atoms with Gasteiger partial charge >= 0.3 is 0 Å². The maximum absolute atomic E-state index is 10.1. The van der Waals surface area contributed by atoms with E-state index >= 15 is 0 Å². The summed E-state index contributed by atoms with van der Waals surface area (Å²) in [6, 6.07) is 5.93. The van der Waals surface area contributed by atoms with Crippen LogP contribution in [0.2, 0.25) is 0 Å². The number of thioether (sulfide) groups is 1. The number of β-amino-alcohol motifs (C(OH)–C–C–N with tert-alkyl or cyclic N) is 1. The lowest BCUT2D eigenvalue weighted by Crippen LogP contribution is -2.46. The first kappa shape index (κ1) is 14.7. The highest BCUT2D eigenvalue weighted by Gasteiger charge is 2.14. The van der Waals surface area contributed by atoms with E-state index < -0.39 is 0 Å². The number of rotatable bonds is 5. The molecule has 1 saturated heterocycles. The number of nitrogens with one attached hydrogen (secondary N) is 1. The van der Waals surface area contributed by atoms with E-state index in [1.807, 2.05) is 18.2 Å². The standard InChI is InChI=1S/C14H23N3OS/c1-11-2-3-12(15)8-14(11)19-10-13(18)9-17-6-4-16-5-7-17/h2-3,8,13,16,18H,4-7,9-10,15H2,1H3. The molecule has 1 aliphatic heterocycles. The summed E-state index contributed by atoms with van der Waals surface area (Å²) in [6.07, 6.45) is -0.288. The van der Waals surface area contributed by atoms with Gasteiger partial charge in [0.2, 0.25) is 0 Å². The molecule has 5 heteroatoms. The van der Waals surface area contributed by atoms with Crippen LogP contribution in [0.15, 0.2) is 23.1 Å². The lowest BCUT2D eigenvalue weighted by molar-refractivity contribution is 0.121. The number of benzene rings is 1. The Morgan fingerprint density at radius 1 is 1.42 bits per heavy atom. The Hall–Kier alpha value is -0.750. The first-order chi connectivity index (χ1) is 9.15. The maximum Gasteiger partial charge on any atom is 0.0760 e. The molecule has 1 aliphatic rings. The SMILES string of the molecule is Cc1ccc(N)cc1SCC(O)CN1CCNCC1. The number of aliphatic hydroxyl groups excluding tert-OH is 1. The van der Waals surface area contributed by atoms with Crippen molar-refractivity contribution in [1.29, 1.82) is 0 Å². The van der Waals surface area contributed by atoms with Gasteiger partial charge in [0.25, 0.3) is 0 Å². The Morgan fingerprint density at radius 3 is 2.89 bits per heavy atom. The molecule has 0 bridgehead atoms. The summed E-state index contributed by atoms with van der Waals surface area (Å²) in [5.74, 6) is 0.716. The van der Waals surface area contributed by atoms with Crippen LogP contribution < -0.4 is 11.1 Å². The van der Waals surface area contributed by atoms with Crippen LogP contribution in [0.3, 0.4) is 0 Å². The topological polar surface area (TPSA) is 61.5 Å². The first-order valence-electron chi connectivity index (χ1n) is 6.75. The molecule has 0 radical (unpaired) electrons. The number of nitrogens with two attached hydrogens (primary N) is 1. The van der Waals surface area contributed by atoms with E-state index in [-0.39, 0.29) is 6.10 Å². The van der Waals surface area contributed by atoms with Crippen molar-refractivity contribution in [3.8, 4) is 0 Å². The van der Waals surface area contributed by atoms with Gasteiger partial charge in [-0.05, 0) is 24.6 Å². The second-order valence-electron chi connectivity index (χ2n) is 5.04. The minimum absolute atomic E-state index is 0.288. The molecule has 0 saturated carbocycles. The van der Waals surface area contributed by atoms with E-state index in [4.69, 9.17) is 5.73 Å². The molecule has 1 heterocycles. The molecule has 1 atom stereocenters. The Morgan fingerprint density at radius 2 is 2.16 bits per heavy atom. The Balaban J connectivity index is 1.79. The van der Waals surface area contributed by atoms with Gasteiger partial charge in [0, 0.05) is 49.1 Å². The van der Waals surface area contributed by atoms with Gasteiger partial charge in [0.05, 0.1) is 6.10 Å². The van der Waals surface area contributed by atoms with Crippen LogP contribution in [0.5, 0.6) is 0 Å². The fraction of sp³-hybridized carbons (Fsp3) is 0.571. The molecular weight excluding hydrogens is 258 g/mol. The van der Waals surface area contributed by atoms with Crippen LogP contribution in [0.4, 0.5) is 5.69 Å². The van der Waals surface area contributed by atoms with Gasteiger partial charge in [0.15, 0.2) is 0 Å². The molecule has 1 aromatic carbocycles. The van der Waals surface area contributed by atoms with Gasteiger partial charge in [-0.15, -0.1) is 11.8 Å². The Labute approximate surface area is 119 Å². The number of piperazine rings is 1. The fourth-order valence-corrected chi connectivity index (χ4v) is 3.20. The van der Waals surface area contributed by atoms with Crippen molar-refractivity contribution in [2.24, 2.45) is 0 Å². The molecule has 0 amide bonds. The van der Waals surface area contributed by atoms with Crippen LogP contribution in [0, 0.1) is 6.92 Å². The van der Waals surface area contributed by atoms with Crippen LogP contribution in [-0.4, -0.2) is 54.6 Å². The number of nitrogens with zero attached hydrogens (tertiary/aromatic N) is 1. The third-order valence-electron chi connectivity index (χ3n) is 3.32. The van der Waals surface area contributed by atoms with Crippen LogP contribution in [-0.2, 0) is 0 Å². The van der Waals surface area contributed by atoms with Crippen molar-refractivity contribution in [3.05, 3.63) is 23.8 Å². The largest absolute Gasteiger partial charge is 0.399 e. The summed E-state index contributed by atoms with van der Waals surface area (Å²) < 4.78 is 0. The van der Waals surface area contributed by atoms with Gasteiger partial charge in [-0.3, -0.25) is 4.90 Å². The van der Waals surface area contributed by atoms with Gasteiger partial charge in [-0.25, -0.2) is 0 Å². The summed E-state index contributed by atoms with van der Waals surface area (Å²) in [4.78, 5) is 3.48. The molecule has 0 aromatic heterocycles. The third kappa shape index (κ3) is 4.69. The molecule has 0 aliphatic carbocycles. The number of aliphatic hydroxyl groups is 1. The van der Waals surface area contributed by atoms with E-state index in [9.17, 15) is 5.11 Å². The number of aryl methyl sites for hydroxylation is 1. The van der Waals surface area contributed by atoms with Crippen molar-refractivity contribution in [2.75, 3.05) is 44.2 Å². The number of nitrogen functional groups attached to an aromatic ring is 1. The predicted molar refractivity (Wildman–Crippen MR) is 81.6 cm³/mol. The van der Waals surface area contributed by atoms with Gasteiger partial charge in [-0.2, -0.15) is 0 Å². The Bertz CT molecular complexity index is 408. The third-order valence-corrected chi connectivity index (χ3v) is 4.62. The highest BCUT2D eigenvalue weighted by molar-refractivity contribution is 7.99. The van der Waals surface area contributed by atoms with Crippen LogP contribution in [0.25, 0.3) is 0 Å². The van der Waals surface area contributed by atoms with E-state index in [1.54, 1.807) is 11.8 Å². The lowest BCUT2D eigenvalue weighted by atomic mass is 10.2. The summed E-state index contributed by atoms with van der Waals surface area (Å²) in [5.41, 5.74) is 7.79. The zero-order chi connectivity index (χ0) is 13.7. The maximum atomic E-state index is 10.1. The summed E-state index contributed by atoms with van der Waals surface area (Å²) in [7, 11) is 0. The molecule has 4 N–H and O–H groups in total. The van der Waals surface area contributed by atoms with Crippen molar-refractivity contribution in [1.82, 2.24) is 10.2 Å². The van der Waals surface area contributed by atoms with E-state index in [2.05, 4.69) is 17.1 Å². The van der Waals surface area contributed by atoms with Crippen LogP contribution in [0.1, 0.15) is 5.56 Å². The highest BCUT2D eigenvalue weighted by Crippen LogP contribution is 2.25. The molecular formula is C14H23N3OS. The zero-order valence-electron chi connectivity index (χ0n) is 11.4. The van der Waals surface area contributed by atoms with Gasteiger partial charge < -0.3 is 16.2 Å². The minimum Gasteiger partial charge on any atom is -0.399 e. The first-order valence-corrected chi connectivity index (χ1v) is 7.74. The van der Waals surface area contributed by atoms with Crippen LogP contribution >= 0.6 is 11.8 Å². The minimum atomic E-state index is -0.288. The molecule has 106 valence electrons. The number of hydrogen-bond acceptors (Lipinski definition) is 5. The second kappa shape index (κ2) is 7.14. The molecule has 1 unspecified atom stereocenters.